The molecule has 0 aliphatic heterocycles. The van der Waals surface area contributed by atoms with Crippen molar-refractivity contribution in [3.8, 4) is 5.75 Å². The Labute approximate surface area is 119 Å². The monoisotopic (exact) mass is 299 g/mol. The summed E-state index contributed by atoms with van der Waals surface area (Å²) in [6.07, 6.45) is 0. The van der Waals surface area contributed by atoms with Crippen molar-refractivity contribution in [1.29, 1.82) is 0 Å². The molecule has 1 heterocycles. The fourth-order valence-electron chi connectivity index (χ4n) is 1.71. The van der Waals surface area contributed by atoms with Gasteiger partial charge < -0.3 is 10.1 Å². The third-order valence-corrected chi connectivity index (χ3v) is 3.57. The van der Waals surface area contributed by atoms with Gasteiger partial charge in [-0.1, -0.05) is 12.1 Å². The van der Waals surface area contributed by atoms with E-state index < -0.39 is 6.61 Å². The predicted molar refractivity (Wildman–Crippen MR) is 73.0 cm³/mol. The number of nitrogens with one attached hydrogen (secondary N) is 1. The van der Waals surface area contributed by atoms with Crippen molar-refractivity contribution in [1.82, 2.24) is 15.5 Å². The van der Waals surface area contributed by atoms with Crippen molar-refractivity contribution >= 4 is 11.3 Å². The lowest BCUT2D eigenvalue weighted by Crippen LogP contribution is -2.18. The predicted octanol–water partition coefficient (Wildman–Crippen LogP) is 3.30. The van der Waals surface area contributed by atoms with Gasteiger partial charge in [0, 0.05) is 6.04 Å². The van der Waals surface area contributed by atoms with Crippen LogP contribution in [0.5, 0.6) is 5.75 Å². The van der Waals surface area contributed by atoms with Crippen molar-refractivity contribution in [3.63, 3.8) is 0 Å². The minimum Gasteiger partial charge on any atom is -0.435 e. The van der Waals surface area contributed by atoms with Crippen LogP contribution in [-0.2, 0) is 6.54 Å². The minimum atomic E-state index is -2.79. The smallest absolute Gasteiger partial charge is 0.387 e. The summed E-state index contributed by atoms with van der Waals surface area (Å²) in [7, 11) is 0. The van der Waals surface area contributed by atoms with Crippen LogP contribution in [0.15, 0.2) is 24.3 Å². The van der Waals surface area contributed by atoms with Gasteiger partial charge in [-0.05, 0) is 31.5 Å². The lowest BCUT2D eigenvalue weighted by Gasteiger charge is -2.13. The second-order valence-electron chi connectivity index (χ2n) is 4.26. The van der Waals surface area contributed by atoms with Gasteiger partial charge in [0.05, 0.1) is 6.54 Å². The van der Waals surface area contributed by atoms with Crippen LogP contribution in [-0.4, -0.2) is 16.8 Å². The van der Waals surface area contributed by atoms with Gasteiger partial charge in [0.15, 0.2) is 0 Å². The molecule has 1 aromatic heterocycles. The van der Waals surface area contributed by atoms with E-state index in [1.54, 1.807) is 23.5 Å². The highest BCUT2D eigenvalue weighted by molar-refractivity contribution is 7.11. The highest BCUT2D eigenvalue weighted by Crippen LogP contribution is 2.19. The zero-order valence-corrected chi connectivity index (χ0v) is 12.0. The number of hydrogen-bond acceptors (Lipinski definition) is 5. The zero-order chi connectivity index (χ0) is 14.5. The third-order valence-electron chi connectivity index (χ3n) is 2.73. The first-order chi connectivity index (χ1) is 9.54. The lowest BCUT2D eigenvalue weighted by atomic mass is 10.1. The number of ether oxygens (including phenoxy) is 1. The molecule has 0 amide bonds. The average molecular weight is 299 g/mol. The van der Waals surface area contributed by atoms with Gasteiger partial charge in [0.1, 0.15) is 15.8 Å². The number of nitrogens with zero attached hydrogens (tertiary/aromatic N) is 2. The van der Waals surface area contributed by atoms with Crippen LogP contribution < -0.4 is 10.1 Å². The molecule has 7 heteroatoms. The number of aryl methyl sites for hydroxylation is 1. The molecule has 0 spiro atoms. The topological polar surface area (TPSA) is 47.0 Å². The summed E-state index contributed by atoms with van der Waals surface area (Å²) in [6.45, 7) is 1.74. The Hall–Kier alpha value is -1.60. The Balaban J connectivity index is 1.90. The van der Waals surface area contributed by atoms with Gasteiger partial charge in [0.2, 0.25) is 0 Å². The van der Waals surface area contributed by atoms with Crippen LogP contribution >= 0.6 is 11.3 Å². The third kappa shape index (κ3) is 4.21. The molecule has 4 nitrogen and oxygen atoms in total. The van der Waals surface area contributed by atoms with Gasteiger partial charge in [-0.2, -0.15) is 8.78 Å². The minimum absolute atomic E-state index is 0.0832. The molecule has 0 aliphatic rings. The first kappa shape index (κ1) is 14.8. The maximum absolute atomic E-state index is 12.0. The first-order valence-corrected chi connectivity index (χ1v) is 6.93. The molecule has 1 N–H and O–H groups in total. The standard InChI is InChI=1S/C13H15F2N3OS/c1-8(16-7-12-18-17-9(2)20-12)10-3-5-11(6-4-10)19-13(14)15/h3-6,8,13,16H,7H2,1-2H3/t8-/m1/s1. The molecule has 2 aromatic rings. The maximum atomic E-state index is 12.0. The molecule has 1 aromatic carbocycles. The van der Waals surface area contributed by atoms with Crippen molar-refractivity contribution in [2.75, 3.05) is 0 Å². The van der Waals surface area contributed by atoms with E-state index in [4.69, 9.17) is 0 Å². The Kier molecular flexibility index (Phi) is 4.97. The summed E-state index contributed by atoms with van der Waals surface area (Å²) < 4.78 is 28.4. The molecule has 0 aliphatic carbocycles. The van der Waals surface area contributed by atoms with Crippen LogP contribution in [0.4, 0.5) is 8.78 Å². The number of benzene rings is 1. The van der Waals surface area contributed by atoms with Crippen LogP contribution in [0.2, 0.25) is 0 Å². The summed E-state index contributed by atoms with van der Waals surface area (Å²) in [5.74, 6) is 0.163. The first-order valence-electron chi connectivity index (χ1n) is 6.11. The van der Waals surface area contributed by atoms with Crippen LogP contribution in [0, 0.1) is 6.92 Å². The van der Waals surface area contributed by atoms with E-state index in [-0.39, 0.29) is 11.8 Å². The van der Waals surface area contributed by atoms with Crippen molar-refractivity contribution < 1.29 is 13.5 Å². The fraction of sp³-hybridized carbons (Fsp3) is 0.385. The molecule has 0 saturated carbocycles. The molecule has 0 fully saturated rings. The molecule has 0 bridgehead atoms. The lowest BCUT2D eigenvalue weighted by molar-refractivity contribution is -0.0498. The molecule has 0 radical (unpaired) electrons. The summed E-state index contributed by atoms with van der Waals surface area (Å²) >= 11 is 1.55. The van der Waals surface area contributed by atoms with E-state index in [1.807, 2.05) is 13.8 Å². The molecule has 20 heavy (non-hydrogen) atoms. The normalized spacial score (nSPS) is 12.7. The van der Waals surface area contributed by atoms with Gasteiger partial charge >= 0.3 is 6.61 Å². The van der Waals surface area contributed by atoms with Crippen molar-refractivity contribution in [2.45, 2.75) is 33.0 Å². The van der Waals surface area contributed by atoms with E-state index in [1.165, 1.54) is 12.1 Å². The summed E-state index contributed by atoms with van der Waals surface area (Å²) in [4.78, 5) is 0. The van der Waals surface area contributed by atoms with Crippen LogP contribution in [0.3, 0.4) is 0 Å². The zero-order valence-electron chi connectivity index (χ0n) is 11.1. The van der Waals surface area contributed by atoms with Gasteiger partial charge in [-0.15, -0.1) is 21.5 Å². The van der Waals surface area contributed by atoms with E-state index >= 15 is 0 Å². The van der Waals surface area contributed by atoms with Crippen LogP contribution in [0.25, 0.3) is 0 Å². The molecule has 0 saturated heterocycles. The Morgan fingerprint density at radius 2 is 1.95 bits per heavy atom. The molecular weight excluding hydrogens is 284 g/mol. The SMILES string of the molecule is Cc1nnc(CN[C@H](C)c2ccc(OC(F)F)cc2)s1. The highest BCUT2D eigenvalue weighted by atomic mass is 32.1. The average Bonchev–Trinajstić information content (AvgIpc) is 2.82. The number of hydrogen-bond donors (Lipinski definition) is 1. The Morgan fingerprint density at radius 1 is 1.25 bits per heavy atom. The molecule has 1 atom stereocenters. The number of aromatic nitrogens is 2. The summed E-state index contributed by atoms with van der Waals surface area (Å²) in [5.41, 5.74) is 0.993. The highest BCUT2D eigenvalue weighted by Gasteiger charge is 2.08. The van der Waals surface area contributed by atoms with E-state index in [9.17, 15) is 8.78 Å². The fourth-order valence-corrected chi connectivity index (χ4v) is 2.36. The summed E-state index contributed by atoms with van der Waals surface area (Å²) in [6, 6.07) is 6.69. The second kappa shape index (κ2) is 6.71. The number of rotatable bonds is 6. The number of alkyl halides is 2. The maximum Gasteiger partial charge on any atom is 0.387 e. The van der Waals surface area contributed by atoms with E-state index in [0.29, 0.717) is 6.54 Å². The van der Waals surface area contributed by atoms with Gasteiger partial charge in [-0.3, -0.25) is 0 Å². The quantitative estimate of drug-likeness (QED) is 0.889. The van der Waals surface area contributed by atoms with E-state index in [0.717, 1.165) is 15.6 Å². The summed E-state index contributed by atoms with van der Waals surface area (Å²) in [5, 5.41) is 13.1. The van der Waals surface area contributed by atoms with Crippen molar-refractivity contribution in [2.24, 2.45) is 0 Å². The van der Waals surface area contributed by atoms with Crippen molar-refractivity contribution in [3.05, 3.63) is 39.8 Å². The second-order valence-corrected chi connectivity index (χ2v) is 5.53. The van der Waals surface area contributed by atoms with Crippen LogP contribution in [0.1, 0.15) is 28.5 Å². The molecular formula is C13H15F2N3OS. The number of halogens is 2. The molecule has 0 unspecified atom stereocenters. The largest absolute Gasteiger partial charge is 0.435 e. The van der Waals surface area contributed by atoms with E-state index in [2.05, 4.69) is 20.3 Å². The molecule has 2 rings (SSSR count). The van der Waals surface area contributed by atoms with Gasteiger partial charge in [-0.25, -0.2) is 0 Å². The Morgan fingerprint density at radius 3 is 2.50 bits per heavy atom. The molecule has 108 valence electrons. The Bertz CT molecular complexity index is 545. The van der Waals surface area contributed by atoms with Gasteiger partial charge in [0.25, 0.3) is 0 Å².